The van der Waals surface area contributed by atoms with Gasteiger partial charge in [-0.1, -0.05) is 17.7 Å². The molecule has 0 aromatic heterocycles. The maximum absolute atomic E-state index is 9.34. The summed E-state index contributed by atoms with van der Waals surface area (Å²) in [5, 5.41) is 13.1. The molecular formula is C15H25NO2S. The number of hydrogen-bond donors (Lipinski definition) is 2. The molecule has 0 bridgehead atoms. The Morgan fingerprint density at radius 2 is 2.05 bits per heavy atom. The third-order valence-electron chi connectivity index (χ3n) is 3.40. The highest BCUT2D eigenvalue weighted by atomic mass is 32.2. The Hall–Kier alpha value is -0.710. The molecule has 108 valence electrons. The molecule has 0 aliphatic heterocycles. The molecule has 0 aliphatic carbocycles. The molecule has 1 aromatic carbocycles. The highest BCUT2D eigenvalue weighted by Crippen LogP contribution is 2.27. The van der Waals surface area contributed by atoms with Gasteiger partial charge in [-0.15, -0.1) is 0 Å². The number of aliphatic hydroxyl groups excluding tert-OH is 1. The van der Waals surface area contributed by atoms with E-state index in [0.29, 0.717) is 0 Å². The van der Waals surface area contributed by atoms with E-state index in [2.05, 4.69) is 38.2 Å². The predicted molar refractivity (Wildman–Crippen MR) is 83.1 cm³/mol. The first-order valence-corrected chi connectivity index (χ1v) is 7.86. The van der Waals surface area contributed by atoms with Crippen LogP contribution in [0.1, 0.15) is 31.0 Å². The standard InChI is InChI=1S/C15H25NO2S/c1-10-6-7-14(18-4)13(8-10)11(2)16-12(3)15(9-17)19-5/h6-8,11-12,15-17H,9H2,1-5H3. The van der Waals surface area contributed by atoms with E-state index in [9.17, 15) is 5.11 Å². The molecule has 2 N–H and O–H groups in total. The van der Waals surface area contributed by atoms with Gasteiger partial charge in [0.15, 0.2) is 0 Å². The van der Waals surface area contributed by atoms with Gasteiger partial charge in [-0.05, 0) is 33.1 Å². The fraction of sp³-hybridized carbons (Fsp3) is 0.600. The largest absolute Gasteiger partial charge is 0.496 e. The zero-order valence-corrected chi connectivity index (χ0v) is 13.3. The number of benzene rings is 1. The Bertz CT molecular complexity index is 394. The highest BCUT2D eigenvalue weighted by Gasteiger charge is 2.19. The summed E-state index contributed by atoms with van der Waals surface area (Å²) in [6.45, 7) is 6.50. The van der Waals surface area contributed by atoms with Gasteiger partial charge in [-0.2, -0.15) is 11.8 Å². The molecule has 4 heteroatoms. The second-order valence-electron chi connectivity index (χ2n) is 4.88. The first kappa shape index (κ1) is 16.3. The van der Waals surface area contributed by atoms with Crippen molar-refractivity contribution >= 4 is 11.8 Å². The second kappa shape index (κ2) is 7.78. The number of ether oxygens (including phenoxy) is 1. The molecule has 0 spiro atoms. The monoisotopic (exact) mass is 283 g/mol. The van der Waals surface area contributed by atoms with Gasteiger partial charge >= 0.3 is 0 Å². The Morgan fingerprint density at radius 1 is 1.37 bits per heavy atom. The maximum atomic E-state index is 9.34. The van der Waals surface area contributed by atoms with Gasteiger partial charge in [0.05, 0.1) is 13.7 Å². The Balaban J connectivity index is 2.82. The van der Waals surface area contributed by atoms with Crippen LogP contribution in [0, 0.1) is 6.92 Å². The topological polar surface area (TPSA) is 41.5 Å². The van der Waals surface area contributed by atoms with Gasteiger partial charge in [0, 0.05) is 22.9 Å². The fourth-order valence-corrected chi connectivity index (χ4v) is 2.86. The van der Waals surface area contributed by atoms with Crippen LogP contribution in [0.2, 0.25) is 0 Å². The lowest BCUT2D eigenvalue weighted by Gasteiger charge is -2.26. The summed E-state index contributed by atoms with van der Waals surface area (Å²) in [6.07, 6.45) is 2.02. The molecule has 3 atom stereocenters. The lowest BCUT2D eigenvalue weighted by Crippen LogP contribution is -2.39. The summed E-state index contributed by atoms with van der Waals surface area (Å²) >= 11 is 1.68. The molecule has 19 heavy (non-hydrogen) atoms. The van der Waals surface area contributed by atoms with E-state index < -0.39 is 0 Å². The van der Waals surface area contributed by atoms with E-state index in [-0.39, 0.29) is 23.9 Å². The summed E-state index contributed by atoms with van der Waals surface area (Å²) in [5.74, 6) is 0.905. The van der Waals surface area contributed by atoms with E-state index in [0.717, 1.165) is 11.3 Å². The first-order chi connectivity index (χ1) is 9.03. The first-order valence-electron chi connectivity index (χ1n) is 6.57. The number of hydrogen-bond acceptors (Lipinski definition) is 4. The van der Waals surface area contributed by atoms with E-state index in [4.69, 9.17) is 4.74 Å². The van der Waals surface area contributed by atoms with Gasteiger partial charge in [0.1, 0.15) is 5.75 Å². The molecular weight excluding hydrogens is 258 g/mol. The van der Waals surface area contributed by atoms with Crippen LogP contribution in [0.5, 0.6) is 5.75 Å². The lowest BCUT2D eigenvalue weighted by molar-refractivity contribution is 0.271. The minimum absolute atomic E-state index is 0.186. The van der Waals surface area contributed by atoms with Crippen molar-refractivity contribution in [3.05, 3.63) is 29.3 Å². The van der Waals surface area contributed by atoms with Crippen molar-refractivity contribution in [2.75, 3.05) is 20.0 Å². The van der Waals surface area contributed by atoms with Gasteiger partial charge in [-0.25, -0.2) is 0 Å². The van der Waals surface area contributed by atoms with Crippen molar-refractivity contribution in [2.45, 2.75) is 38.1 Å². The zero-order chi connectivity index (χ0) is 14.4. The van der Waals surface area contributed by atoms with Crippen molar-refractivity contribution in [1.82, 2.24) is 5.32 Å². The number of rotatable bonds is 7. The molecule has 0 amide bonds. The van der Waals surface area contributed by atoms with Gasteiger partial charge in [0.25, 0.3) is 0 Å². The summed E-state index contributed by atoms with van der Waals surface area (Å²) in [5.41, 5.74) is 2.38. The molecule has 3 nitrogen and oxygen atoms in total. The average molecular weight is 283 g/mol. The molecule has 1 rings (SSSR count). The van der Waals surface area contributed by atoms with Crippen molar-refractivity contribution in [2.24, 2.45) is 0 Å². The minimum atomic E-state index is 0.186. The SMILES string of the molecule is COc1ccc(C)cc1C(C)NC(C)C(CO)SC. The molecule has 3 unspecified atom stereocenters. The number of thioether (sulfide) groups is 1. The number of aliphatic hydroxyl groups is 1. The van der Waals surface area contributed by atoms with Gasteiger partial charge in [-0.3, -0.25) is 0 Å². The third-order valence-corrected chi connectivity index (χ3v) is 4.57. The van der Waals surface area contributed by atoms with E-state index in [1.165, 1.54) is 5.56 Å². The van der Waals surface area contributed by atoms with Crippen LogP contribution in [0.15, 0.2) is 18.2 Å². The van der Waals surface area contributed by atoms with Gasteiger partial charge in [0.2, 0.25) is 0 Å². The Kier molecular flexibility index (Phi) is 6.69. The normalized spacial score (nSPS) is 15.9. The maximum Gasteiger partial charge on any atom is 0.123 e. The second-order valence-corrected chi connectivity index (χ2v) is 5.96. The summed E-state index contributed by atoms with van der Waals surface area (Å²) in [4.78, 5) is 0. The molecule has 0 saturated carbocycles. The minimum Gasteiger partial charge on any atom is -0.496 e. The van der Waals surface area contributed by atoms with Crippen LogP contribution in [0.3, 0.4) is 0 Å². The fourth-order valence-electron chi connectivity index (χ4n) is 2.22. The van der Waals surface area contributed by atoms with Crippen molar-refractivity contribution in [3.8, 4) is 5.75 Å². The summed E-state index contributed by atoms with van der Waals surface area (Å²) in [7, 11) is 1.70. The molecule has 1 aromatic rings. The number of methoxy groups -OCH3 is 1. The van der Waals surface area contributed by atoms with Gasteiger partial charge < -0.3 is 15.2 Å². The van der Waals surface area contributed by atoms with E-state index in [1.54, 1.807) is 18.9 Å². The van der Waals surface area contributed by atoms with E-state index in [1.807, 2.05) is 12.3 Å². The van der Waals surface area contributed by atoms with E-state index >= 15 is 0 Å². The predicted octanol–water partition coefficient (Wildman–Crippen LogP) is 2.77. The molecule has 0 fully saturated rings. The molecule has 0 heterocycles. The quantitative estimate of drug-likeness (QED) is 0.807. The highest BCUT2D eigenvalue weighted by molar-refractivity contribution is 7.99. The Labute approximate surface area is 120 Å². The smallest absolute Gasteiger partial charge is 0.123 e. The molecule has 0 aliphatic rings. The lowest BCUT2D eigenvalue weighted by atomic mass is 10.0. The van der Waals surface area contributed by atoms with Crippen molar-refractivity contribution < 1.29 is 9.84 Å². The average Bonchev–Trinajstić information content (AvgIpc) is 2.40. The summed E-state index contributed by atoms with van der Waals surface area (Å²) < 4.78 is 5.42. The Morgan fingerprint density at radius 3 is 2.58 bits per heavy atom. The number of nitrogens with one attached hydrogen (secondary N) is 1. The van der Waals surface area contributed by atoms with Crippen LogP contribution in [-0.4, -0.2) is 36.4 Å². The van der Waals surface area contributed by atoms with Crippen LogP contribution >= 0.6 is 11.8 Å². The third kappa shape index (κ3) is 4.41. The van der Waals surface area contributed by atoms with Crippen molar-refractivity contribution in [1.29, 1.82) is 0 Å². The molecule has 0 radical (unpaired) electrons. The van der Waals surface area contributed by atoms with Crippen molar-refractivity contribution in [3.63, 3.8) is 0 Å². The zero-order valence-electron chi connectivity index (χ0n) is 12.4. The molecule has 0 saturated heterocycles. The van der Waals surface area contributed by atoms with Crippen LogP contribution in [-0.2, 0) is 0 Å². The number of aryl methyl sites for hydroxylation is 1. The summed E-state index contributed by atoms with van der Waals surface area (Å²) in [6, 6.07) is 6.63. The van der Waals surface area contributed by atoms with Crippen LogP contribution < -0.4 is 10.1 Å². The van der Waals surface area contributed by atoms with Crippen LogP contribution in [0.25, 0.3) is 0 Å². The van der Waals surface area contributed by atoms with Crippen LogP contribution in [0.4, 0.5) is 0 Å².